The van der Waals surface area contributed by atoms with Gasteiger partial charge < -0.3 is 10.1 Å². The lowest BCUT2D eigenvalue weighted by Crippen LogP contribution is -2.21. The van der Waals surface area contributed by atoms with Crippen molar-refractivity contribution in [3.63, 3.8) is 0 Å². The zero-order valence-corrected chi connectivity index (χ0v) is 17.9. The Morgan fingerprint density at radius 2 is 1.87 bits per heavy atom. The van der Waals surface area contributed by atoms with E-state index in [4.69, 9.17) is 27.9 Å². The zero-order valence-electron chi connectivity index (χ0n) is 15.6. The highest BCUT2D eigenvalue weighted by Crippen LogP contribution is 2.31. The molecule has 0 fully saturated rings. The van der Waals surface area contributed by atoms with Crippen LogP contribution in [0, 0.1) is 6.92 Å². The molecule has 7 nitrogen and oxygen atoms in total. The molecule has 1 amide bonds. The van der Waals surface area contributed by atoms with Gasteiger partial charge in [0, 0.05) is 16.6 Å². The molecule has 4 rings (SSSR count). The Morgan fingerprint density at radius 1 is 1.13 bits per heavy atom. The van der Waals surface area contributed by atoms with Crippen LogP contribution in [0.15, 0.2) is 48.7 Å². The molecule has 10 heteroatoms. The van der Waals surface area contributed by atoms with Gasteiger partial charge in [-0.3, -0.25) is 4.79 Å². The number of rotatable bonds is 5. The molecule has 0 spiro atoms. The number of amides is 1. The number of hydrogen-bond donors (Lipinski definition) is 1. The van der Waals surface area contributed by atoms with Gasteiger partial charge in [-0.05, 0) is 49.4 Å². The fourth-order valence-electron chi connectivity index (χ4n) is 2.74. The van der Waals surface area contributed by atoms with Crippen LogP contribution in [-0.2, 0) is 9.53 Å². The quantitative estimate of drug-likeness (QED) is 0.428. The van der Waals surface area contributed by atoms with Crippen LogP contribution in [0.5, 0.6) is 0 Å². The molecule has 30 heavy (non-hydrogen) atoms. The summed E-state index contributed by atoms with van der Waals surface area (Å²) in [7, 11) is 0. The van der Waals surface area contributed by atoms with Gasteiger partial charge >= 0.3 is 5.97 Å². The Labute approximate surface area is 185 Å². The van der Waals surface area contributed by atoms with Crippen molar-refractivity contribution in [2.45, 2.75) is 6.92 Å². The van der Waals surface area contributed by atoms with Crippen molar-refractivity contribution >= 4 is 62.4 Å². The average molecular weight is 461 g/mol. The normalized spacial score (nSPS) is 10.9. The molecule has 0 saturated heterocycles. The van der Waals surface area contributed by atoms with Gasteiger partial charge in [0.15, 0.2) is 6.61 Å². The molecule has 152 valence electrons. The lowest BCUT2D eigenvalue weighted by Gasteiger charge is -2.05. The first-order chi connectivity index (χ1) is 14.4. The summed E-state index contributed by atoms with van der Waals surface area (Å²) in [6.45, 7) is 1.43. The molecular weight excluding hydrogens is 447 g/mol. The molecule has 0 aliphatic heterocycles. The van der Waals surface area contributed by atoms with Crippen molar-refractivity contribution in [2.75, 3.05) is 11.9 Å². The second-order valence-corrected chi connectivity index (χ2v) is 8.19. The summed E-state index contributed by atoms with van der Waals surface area (Å²) >= 11 is 13.0. The molecule has 0 saturated carbocycles. The van der Waals surface area contributed by atoms with E-state index in [0.29, 0.717) is 20.7 Å². The van der Waals surface area contributed by atoms with E-state index in [1.807, 2.05) is 19.1 Å². The average Bonchev–Trinajstić information content (AvgIpc) is 3.29. The Hall–Kier alpha value is -2.94. The van der Waals surface area contributed by atoms with Crippen LogP contribution in [0.4, 0.5) is 5.82 Å². The van der Waals surface area contributed by atoms with Crippen LogP contribution >= 0.6 is 34.5 Å². The first-order valence-corrected chi connectivity index (χ1v) is 10.3. The number of aromatic nitrogens is 3. The topological polar surface area (TPSA) is 86.1 Å². The second-order valence-electron chi connectivity index (χ2n) is 6.29. The summed E-state index contributed by atoms with van der Waals surface area (Å²) in [4.78, 5) is 29.6. The van der Waals surface area contributed by atoms with E-state index in [2.05, 4.69) is 15.4 Å². The molecule has 3 aromatic heterocycles. The van der Waals surface area contributed by atoms with Crippen LogP contribution < -0.4 is 5.32 Å². The highest BCUT2D eigenvalue weighted by atomic mass is 35.5. The number of aryl methyl sites for hydroxylation is 1. The smallest absolute Gasteiger partial charge is 0.348 e. The first-order valence-electron chi connectivity index (χ1n) is 8.74. The minimum atomic E-state index is -0.586. The van der Waals surface area contributed by atoms with E-state index in [1.54, 1.807) is 35.0 Å². The van der Waals surface area contributed by atoms with E-state index in [1.165, 1.54) is 17.5 Å². The minimum Gasteiger partial charge on any atom is -0.451 e. The van der Waals surface area contributed by atoms with Crippen molar-refractivity contribution in [1.29, 1.82) is 0 Å². The van der Waals surface area contributed by atoms with Gasteiger partial charge in [0.25, 0.3) is 5.91 Å². The lowest BCUT2D eigenvalue weighted by atomic mass is 10.3. The van der Waals surface area contributed by atoms with Gasteiger partial charge in [-0.2, -0.15) is 5.10 Å². The van der Waals surface area contributed by atoms with Gasteiger partial charge in [-0.15, -0.1) is 11.3 Å². The highest BCUT2D eigenvalue weighted by Gasteiger charge is 2.19. The minimum absolute atomic E-state index is 0.320. The molecule has 0 unspecified atom stereocenters. The van der Waals surface area contributed by atoms with Gasteiger partial charge in [0.05, 0.1) is 16.4 Å². The predicted molar refractivity (Wildman–Crippen MR) is 117 cm³/mol. The molecule has 0 radical (unpaired) electrons. The SMILES string of the molecule is Cc1nn(-c2ccc(Cl)cc2)c2sc(C(=O)OCC(=O)Nc3ccc(Cl)cn3)cc12. The second kappa shape index (κ2) is 8.43. The number of pyridine rings is 1. The maximum absolute atomic E-state index is 12.4. The molecule has 0 bridgehead atoms. The van der Waals surface area contributed by atoms with E-state index >= 15 is 0 Å². The summed E-state index contributed by atoms with van der Waals surface area (Å²) in [5.74, 6) is -0.763. The third-order valence-electron chi connectivity index (χ3n) is 4.15. The molecule has 0 aliphatic rings. The van der Waals surface area contributed by atoms with E-state index in [0.717, 1.165) is 21.6 Å². The van der Waals surface area contributed by atoms with Crippen LogP contribution in [-0.4, -0.2) is 33.2 Å². The monoisotopic (exact) mass is 460 g/mol. The Kier molecular flexibility index (Phi) is 5.72. The third-order valence-corrected chi connectivity index (χ3v) is 5.71. The van der Waals surface area contributed by atoms with Crippen LogP contribution in [0.1, 0.15) is 15.4 Å². The zero-order chi connectivity index (χ0) is 21.3. The number of carbonyl (C=O) groups excluding carboxylic acids is 2. The summed E-state index contributed by atoms with van der Waals surface area (Å²) < 4.78 is 6.90. The van der Waals surface area contributed by atoms with Crippen LogP contribution in [0.25, 0.3) is 15.9 Å². The standard InChI is InChI=1S/C20H14Cl2N4O3S/c1-11-15-8-16(30-19(15)26(25-11)14-5-2-12(21)3-6-14)20(28)29-10-18(27)24-17-7-4-13(22)9-23-17/h2-9H,10H2,1H3,(H,23,24,27). The fraction of sp³-hybridized carbons (Fsp3) is 0.100. The summed E-state index contributed by atoms with van der Waals surface area (Å²) in [6, 6.07) is 12.1. The van der Waals surface area contributed by atoms with Gasteiger partial charge in [-0.1, -0.05) is 23.2 Å². The molecule has 1 aromatic carbocycles. The van der Waals surface area contributed by atoms with Crippen LogP contribution in [0.2, 0.25) is 10.0 Å². The molecular formula is C20H14Cl2N4O3S. The maximum Gasteiger partial charge on any atom is 0.348 e. The van der Waals surface area contributed by atoms with Crippen LogP contribution in [0.3, 0.4) is 0 Å². The number of nitrogens with one attached hydrogen (secondary N) is 1. The number of halogens is 2. The number of thiophene rings is 1. The first kappa shape index (κ1) is 20.3. The summed E-state index contributed by atoms with van der Waals surface area (Å²) in [6.07, 6.45) is 1.41. The van der Waals surface area contributed by atoms with Crippen molar-refractivity contribution < 1.29 is 14.3 Å². The molecule has 1 N–H and O–H groups in total. The molecule has 3 heterocycles. The summed E-state index contributed by atoms with van der Waals surface area (Å²) in [5, 5.41) is 8.99. The summed E-state index contributed by atoms with van der Waals surface area (Å²) in [5.41, 5.74) is 1.61. The number of esters is 1. The number of benzene rings is 1. The number of fused-ring (bicyclic) bond motifs is 1. The number of hydrogen-bond acceptors (Lipinski definition) is 6. The number of nitrogens with zero attached hydrogens (tertiary/aromatic N) is 3. The molecule has 0 atom stereocenters. The third kappa shape index (κ3) is 4.30. The van der Waals surface area contributed by atoms with Gasteiger partial charge in [0.2, 0.25) is 0 Å². The van der Waals surface area contributed by atoms with Gasteiger partial charge in [-0.25, -0.2) is 14.5 Å². The van der Waals surface area contributed by atoms with E-state index in [-0.39, 0.29) is 0 Å². The van der Waals surface area contributed by atoms with Crippen molar-refractivity contribution in [1.82, 2.24) is 14.8 Å². The molecule has 4 aromatic rings. The van der Waals surface area contributed by atoms with Crippen molar-refractivity contribution in [3.05, 3.63) is 69.3 Å². The predicted octanol–water partition coefficient (Wildman–Crippen LogP) is 4.89. The largest absolute Gasteiger partial charge is 0.451 e. The fourth-order valence-corrected chi connectivity index (χ4v) is 4.05. The number of anilines is 1. The van der Waals surface area contributed by atoms with E-state index in [9.17, 15) is 9.59 Å². The van der Waals surface area contributed by atoms with Crippen molar-refractivity contribution in [2.24, 2.45) is 0 Å². The van der Waals surface area contributed by atoms with E-state index < -0.39 is 18.5 Å². The lowest BCUT2D eigenvalue weighted by molar-refractivity contribution is -0.119. The van der Waals surface area contributed by atoms with Crippen molar-refractivity contribution in [3.8, 4) is 5.69 Å². The highest BCUT2D eigenvalue weighted by molar-refractivity contribution is 7.20. The number of ether oxygens (including phenoxy) is 1. The Bertz CT molecular complexity index is 1230. The number of carbonyl (C=O) groups is 2. The maximum atomic E-state index is 12.4. The Morgan fingerprint density at radius 3 is 2.57 bits per heavy atom. The van der Waals surface area contributed by atoms with Gasteiger partial charge in [0.1, 0.15) is 15.5 Å². The molecule has 0 aliphatic carbocycles. The Balaban J connectivity index is 1.47.